The molecule has 2 N–H and O–H groups in total. The van der Waals surface area contributed by atoms with Crippen molar-refractivity contribution in [1.29, 1.82) is 0 Å². The minimum atomic E-state index is -4.14. The molecule has 0 atom stereocenters. The molecule has 0 unspecified atom stereocenters. The van der Waals surface area contributed by atoms with Crippen LogP contribution in [0.3, 0.4) is 0 Å². The van der Waals surface area contributed by atoms with Crippen LogP contribution < -0.4 is 10.1 Å². The van der Waals surface area contributed by atoms with Gasteiger partial charge in [0.2, 0.25) is 0 Å². The molecular formula is C21H21N5O4S. The number of nitro groups is 1. The van der Waals surface area contributed by atoms with Gasteiger partial charge in [-0.2, -0.15) is 5.10 Å². The van der Waals surface area contributed by atoms with Gasteiger partial charge in [-0.05, 0) is 50.6 Å². The molecular weight excluding hydrogens is 418 g/mol. The number of sulfonamides is 1. The third-order valence-electron chi connectivity index (χ3n) is 4.53. The highest BCUT2D eigenvalue weighted by atomic mass is 32.2. The van der Waals surface area contributed by atoms with Crippen LogP contribution in [0.2, 0.25) is 0 Å². The van der Waals surface area contributed by atoms with Crippen LogP contribution in [0.25, 0.3) is 0 Å². The largest absolute Gasteiger partial charge is 0.279 e. The van der Waals surface area contributed by atoms with E-state index >= 15 is 0 Å². The Morgan fingerprint density at radius 3 is 2.35 bits per heavy atom. The van der Waals surface area contributed by atoms with Crippen molar-refractivity contribution in [2.75, 3.05) is 10.1 Å². The Hall–Kier alpha value is -3.79. The van der Waals surface area contributed by atoms with Crippen molar-refractivity contribution in [3.8, 4) is 0 Å². The zero-order valence-corrected chi connectivity index (χ0v) is 18.0. The lowest BCUT2D eigenvalue weighted by Crippen LogP contribution is -2.16. The van der Waals surface area contributed by atoms with Gasteiger partial charge in [-0.25, -0.2) is 8.42 Å². The molecule has 0 amide bonds. The van der Waals surface area contributed by atoms with E-state index in [1.165, 1.54) is 12.1 Å². The summed E-state index contributed by atoms with van der Waals surface area (Å²) in [5.41, 5.74) is 5.97. The van der Waals surface area contributed by atoms with Crippen LogP contribution in [0.15, 0.2) is 70.9 Å². The molecule has 10 heteroatoms. The Morgan fingerprint density at radius 2 is 1.71 bits per heavy atom. The van der Waals surface area contributed by atoms with E-state index < -0.39 is 14.9 Å². The van der Waals surface area contributed by atoms with Crippen molar-refractivity contribution in [2.24, 2.45) is 5.10 Å². The molecule has 31 heavy (non-hydrogen) atoms. The minimum Gasteiger partial charge on any atom is -0.279 e. The lowest BCUT2D eigenvalue weighted by atomic mass is 10.1. The van der Waals surface area contributed by atoms with Crippen LogP contribution in [0.1, 0.15) is 23.6 Å². The van der Waals surface area contributed by atoms with Gasteiger partial charge >= 0.3 is 0 Å². The van der Waals surface area contributed by atoms with E-state index in [0.717, 1.165) is 22.8 Å². The average Bonchev–Trinajstić information content (AvgIpc) is 2.74. The van der Waals surface area contributed by atoms with Crippen LogP contribution in [-0.2, 0) is 10.0 Å². The van der Waals surface area contributed by atoms with Gasteiger partial charge in [-0.15, -0.1) is 0 Å². The monoisotopic (exact) mass is 439 g/mol. The van der Waals surface area contributed by atoms with Gasteiger partial charge in [-0.3, -0.25) is 25.2 Å². The van der Waals surface area contributed by atoms with Gasteiger partial charge in [0, 0.05) is 30.1 Å². The predicted octanol–water partition coefficient (Wildman–Crippen LogP) is 4.24. The number of rotatable bonds is 7. The van der Waals surface area contributed by atoms with Gasteiger partial charge in [0.25, 0.3) is 15.7 Å². The summed E-state index contributed by atoms with van der Waals surface area (Å²) in [7, 11) is -4.14. The number of hydrogen-bond acceptors (Lipinski definition) is 7. The number of nitrogens with one attached hydrogen (secondary N) is 2. The average molecular weight is 439 g/mol. The SMILES string of the molecule is C/C(=N\Nc1ccc([N+](=O)[O-])cc1S(=O)(=O)Nc1ccc(C)cc1C)c1ccncc1. The molecule has 0 spiro atoms. The van der Waals surface area contributed by atoms with Crippen molar-refractivity contribution >= 4 is 32.8 Å². The number of aromatic nitrogens is 1. The molecule has 3 rings (SSSR count). The molecule has 0 saturated carbocycles. The quantitative estimate of drug-likeness (QED) is 0.322. The molecule has 0 fully saturated rings. The second-order valence-electron chi connectivity index (χ2n) is 6.91. The first-order chi connectivity index (χ1) is 14.7. The number of hydrogen-bond donors (Lipinski definition) is 2. The van der Waals surface area contributed by atoms with E-state index in [-0.39, 0.29) is 16.3 Å². The highest BCUT2D eigenvalue weighted by Crippen LogP contribution is 2.29. The molecule has 0 aliphatic rings. The molecule has 0 aliphatic carbocycles. The Kier molecular flexibility index (Phi) is 6.30. The lowest BCUT2D eigenvalue weighted by Gasteiger charge is -2.14. The third kappa shape index (κ3) is 5.23. The Balaban J connectivity index is 2.00. The first-order valence-electron chi connectivity index (χ1n) is 9.26. The molecule has 0 aliphatic heterocycles. The standard InChI is InChI=1S/C21H21N5O4S/c1-14-4-6-19(15(2)12-14)25-31(29,30)21-13-18(26(27)28)5-7-20(21)24-23-16(3)17-8-10-22-11-9-17/h4-13,24-25H,1-3H3/b23-16+. The molecule has 0 saturated heterocycles. The van der Waals surface area contributed by atoms with Crippen LogP contribution in [0.5, 0.6) is 0 Å². The Labute approximate surface area is 180 Å². The van der Waals surface area contributed by atoms with Crippen molar-refractivity contribution in [2.45, 2.75) is 25.7 Å². The smallest absolute Gasteiger partial charge is 0.270 e. The summed E-state index contributed by atoms with van der Waals surface area (Å²) >= 11 is 0. The topological polar surface area (TPSA) is 127 Å². The predicted molar refractivity (Wildman–Crippen MR) is 120 cm³/mol. The van der Waals surface area contributed by atoms with E-state index in [1.807, 2.05) is 13.0 Å². The summed E-state index contributed by atoms with van der Waals surface area (Å²) in [5, 5.41) is 15.5. The van der Waals surface area contributed by atoms with Crippen LogP contribution in [-0.4, -0.2) is 24.0 Å². The second kappa shape index (κ2) is 8.92. The highest BCUT2D eigenvalue weighted by Gasteiger charge is 2.23. The summed E-state index contributed by atoms with van der Waals surface area (Å²) in [6.07, 6.45) is 3.23. The molecule has 9 nitrogen and oxygen atoms in total. The number of anilines is 2. The fraction of sp³-hybridized carbons (Fsp3) is 0.143. The first kappa shape index (κ1) is 21.9. The molecule has 2 aromatic carbocycles. The fourth-order valence-corrected chi connectivity index (χ4v) is 4.18. The summed E-state index contributed by atoms with van der Waals surface area (Å²) in [6, 6.07) is 12.3. The molecule has 160 valence electrons. The molecule has 1 heterocycles. The number of non-ortho nitro benzene ring substituents is 1. The van der Waals surface area contributed by atoms with Crippen molar-refractivity contribution in [3.05, 3.63) is 87.7 Å². The van der Waals surface area contributed by atoms with Gasteiger partial charge in [0.1, 0.15) is 4.90 Å². The molecule has 0 radical (unpaired) electrons. The van der Waals surface area contributed by atoms with E-state index in [2.05, 4.69) is 20.2 Å². The van der Waals surface area contributed by atoms with Crippen LogP contribution >= 0.6 is 0 Å². The number of nitrogens with zero attached hydrogens (tertiary/aromatic N) is 3. The second-order valence-corrected chi connectivity index (χ2v) is 8.56. The fourth-order valence-electron chi connectivity index (χ4n) is 2.87. The van der Waals surface area contributed by atoms with E-state index in [0.29, 0.717) is 11.4 Å². The number of hydrazone groups is 1. The van der Waals surface area contributed by atoms with E-state index in [4.69, 9.17) is 0 Å². The van der Waals surface area contributed by atoms with Gasteiger partial charge in [0.15, 0.2) is 0 Å². The third-order valence-corrected chi connectivity index (χ3v) is 5.94. The summed E-state index contributed by atoms with van der Waals surface area (Å²) < 4.78 is 28.7. The van der Waals surface area contributed by atoms with Crippen molar-refractivity contribution in [3.63, 3.8) is 0 Å². The Bertz CT molecular complexity index is 1260. The van der Waals surface area contributed by atoms with Gasteiger partial charge in [-0.1, -0.05) is 17.7 Å². The molecule has 0 bridgehead atoms. The van der Waals surface area contributed by atoms with Crippen molar-refractivity contribution < 1.29 is 13.3 Å². The zero-order valence-electron chi connectivity index (χ0n) is 17.2. The maximum Gasteiger partial charge on any atom is 0.270 e. The minimum absolute atomic E-state index is 0.108. The maximum absolute atomic E-state index is 13.1. The Morgan fingerprint density at radius 1 is 1.03 bits per heavy atom. The van der Waals surface area contributed by atoms with E-state index in [1.54, 1.807) is 50.5 Å². The number of aryl methyl sites for hydroxylation is 2. The summed E-state index contributed by atoms with van der Waals surface area (Å²) in [4.78, 5) is 14.2. The summed E-state index contributed by atoms with van der Waals surface area (Å²) in [5.74, 6) is 0. The zero-order chi connectivity index (χ0) is 22.6. The van der Waals surface area contributed by atoms with Gasteiger partial charge in [0.05, 0.1) is 22.0 Å². The highest BCUT2D eigenvalue weighted by molar-refractivity contribution is 7.92. The molecule has 3 aromatic rings. The van der Waals surface area contributed by atoms with Crippen LogP contribution in [0.4, 0.5) is 17.1 Å². The summed E-state index contributed by atoms with van der Waals surface area (Å²) in [6.45, 7) is 5.42. The van der Waals surface area contributed by atoms with Crippen molar-refractivity contribution in [1.82, 2.24) is 4.98 Å². The molecule has 1 aromatic heterocycles. The number of benzene rings is 2. The van der Waals surface area contributed by atoms with E-state index in [9.17, 15) is 18.5 Å². The maximum atomic E-state index is 13.1. The number of nitro benzene ring substituents is 1. The number of pyridine rings is 1. The lowest BCUT2D eigenvalue weighted by molar-refractivity contribution is -0.385. The normalized spacial score (nSPS) is 11.8. The van der Waals surface area contributed by atoms with Crippen LogP contribution in [0, 0.1) is 24.0 Å². The van der Waals surface area contributed by atoms with Gasteiger partial charge < -0.3 is 0 Å². The first-order valence-corrected chi connectivity index (χ1v) is 10.7.